The van der Waals surface area contributed by atoms with Crippen molar-refractivity contribution in [2.45, 2.75) is 20.8 Å². The monoisotopic (exact) mass is 328 g/mol. The highest BCUT2D eigenvalue weighted by atomic mass is 16.5. The van der Waals surface area contributed by atoms with E-state index in [-0.39, 0.29) is 18.0 Å². The molecule has 1 aromatic heterocycles. The molecule has 126 valence electrons. The van der Waals surface area contributed by atoms with Crippen LogP contribution in [0.2, 0.25) is 0 Å². The molecule has 1 aromatic carbocycles. The highest BCUT2D eigenvalue weighted by molar-refractivity contribution is 5.94. The van der Waals surface area contributed by atoms with Crippen LogP contribution in [0.4, 0.5) is 11.5 Å². The largest absolute Gasteiger partial charge is 0.504 e. The summed E-state index contributed by atoms with van der Waals surface area (Å²) < 4.78 is 12.0. The number of nitrogens with two attached hydrogens (primary N) is 1. The van der Waals surface area contributed by atoms with Crippen LogP contribution < -0.4 is 10.5 Å². The van der Waals surface area contributed by atoms with Gasteiger partial charge in [-0.05, 0) is 31.0 Å². The Hall–Kier alpha value is -3.01. The number of anilines is 1. The van der Waals surface area contributed by atoms with Crippen LogP contribution in [-0.2, 0) is 4.74 Å². The Morgan fingerprint density at radius 3 is 2.83 bits per heavy atom. The number of nitrogens with zero attached hydrogens (tertiary/aromatic N) is 3. The standard InChI is InChI=1S/C17H20N4O3/c1-5-23-17(22)13-9-20-21(16(13)18)12-6-7-15(14(8-12)19-4)24-10-11(2)3/h6-9,11H,5,10,18H2,1-3H3. The first-order valence-electron chi connectivity index (χ1n) is 7.63. The number of rotatable bonds is 6. The Kier molecular flexibility index (Phi) is 5.42. The summed E-state index contributed by atoms with van der Waals surface area (Å²) in [6, 6.07) is 5.07. The average Bonchev–Trinajstić information content (AvgIpc) is 2.94. The van der Waals surface area contributed by atoms with Crippen LogP contribution in [0.5, 0.6) is 5.75 Å². The molecule has 24 heavy (non-hydrogen) atoms. The first kappa shape index (κ1) is 17.3. The lowest BCUT2D eigenvalue weighted by atomic mass is 10.2. The summed E-state index contributed by atoms with van der Waals surface area (Å²) in [5.74, 6) is 0.514. The molecule has 7 heteroatoms. The van der Waals surface area contributed by atoms with E-state index in [1.54, 1.807) is 25.1 Å². The molecule has 0 saturated carbocycles. The van der Waals surface area contributed by atoms with Crippen LogP contribution in [0, 0.1) is 12.5 Å². The van der Waals surface area contributed by atoms with E-state index >= 15 is 0 Å². The summed E-state index contributed by atoms with van der Waals surface area (Å²) in [4.78, 5) is 15.3. The zero-order chi connectivity index (χ0) is 17.7. The molecule has 0 aliphatic heterocycles. The Balaban J connectivity index is 2.33. The van der Waals surface area contributed by atoms with Crippen molar-refractivity contribution < 1.29 is 14.3 Å². The Bertz CT molecular complexity index is 775. The maximum atomic E-state index is 11.8. The SMILES string of the molecule is [C-]#[N+]c1cc(-n2ncc(C(=O)OCC)c2N)ccc1OCC(C)C. The molecule has 7 nitrogen and oxygen atoms in total. The molecule has 0 aliphatic rings. The van der Waals surface area contributed by atoms with Crippen molar-refractivity contribution in [1.82, 2.24) is 9.78 Å². The van der Waals surface area contributed by atoms with E-state index in [0.717, 1.165) is 0 Å². The third kappa shape index (κ3) is 3.66. The Morgan fingerprint density at radius 1 is 1.46 bits per heavy atom. The molecule has 2 aromatic rings. The minimum atomic E-state index is -0.525. The highest BCUT2D eigenvalue weighted by Crippen LogP contribution is 2.31. The fourth-order valence-electron chi connectivity index (χ4n) is 2.03. The number of hydrogen-bond donors (Lipinski definition) is 1. The van der Waals surface area contributed by atoms with E-state index in [1.165, 1.54) is 10.9 Å². The molecule has 0 saturated heterocycles. The van der Waals surface area contributed by atoms with Gasteiger partial charge in [-0.1, -0.05) is 13.8 Å². The molecule has 0 bridgehead atoms. The van der Waals surface area contributed by atoms with Crippen molar-refractivity contribution in [3.63, 3.8) is 0 Å². The summed E-state index contributed by atoms with van der Waals surface area (Å²) >= 11 is 0. The zero-order valence-corrected chi connectivity index (χ0v) is 13.9. The fourth-order valence-corrected chi connectivity index (χ4v) is 2.03. The van der Waals surface area contributed by atoms with Gasteiger partial charge in [0, 0.05) is 0 Å². The number of esters is 1. The molecule has 0 spiro atoms. The summed E-state index contributed by atoms with van der Waals surface area (Å²) in [5.41, 5.74) is 7.12. The smallest absolute Gasteiger partial charge is 0.343 e. The van der Waals surface area contributed by atoms with E-state index in [0.29, 0.717) is 29.6 Å². The van der Waals surface area contributed by atoms with Gasteiger partial charge >= 0.3 is 5.97 Å². The van der Waals surface area contributed by atoms with Crippen LogP contribution in [-0.4, -0.2) is 29.0 Å². The molecular weight excluding hydrogens is 308 g/mol. The Labute approximate surface area is 140 Å². The van der Waals surface area contributed by atoms with E-state index < -0.39 is 5.97 Å². The van der Waals surface area contributed by atoms with Crippen molar-refractivity contribution in [3.8, 4) is 11.4 Å². The molecule has 0 aliphatic carbocycles. The van der Waals surface area contributed by atoms with Crippen molar-refractivity contribution >= 4 is 17.5 Å². The van der Waals surface area contributed by atoms with E-state index in [1.807, 2.05) is 13.8 Å². The van der Waals surface area contributed by atoms with Gasteiger partial charge in [0.1, 0.15) is 17.1 Å². The lowest BCUT2D eigenvalue weighted by molar-refractivity contribution is 0.0527. The quantitative estimate of drug-likeness (QED) is 0.650. The van der Waals surface area contributed by atoms with Gasteiger partial charge in [0.05, 0.1) is 31.7 Å². The second-order valence-electron chi connectivity index (χ2n) is 5.54. The van der Waals surface area contributed by atoms with Crippen LogP contribution in [0.25, 0.3) is 10.5 Å². The van der Waals surface area contributed by atoms with E-state index in [4.69, 9.17) is 21.8 Å². The number of aromatic nitrogens is 2. The summed E-state index contributed by atoms with van der Waals surface area (Å²) in [6.45, 7) is 13.9. The van der Waals surface area contributed by atoms with Crippen LogP contribution in [0.15, 0.2) is 24.4 Å². The predicted octanol–water partition coefficient (Wildman–Crippen LogP) is 3.22. The van der Waals surface area contributed by atoms with Crippen LogP contribution in [0.3, 0.4) is 0 Å². The molecule has 0 fully saturated rings. The second kappa shape index (κ2) is 7.51. The molecule has 2 N–H and O–H groups in total. The van der Waals surface area contributed by atoms with Gasteiger partial charge in [-0.3, -0.25) is 0 Å². The van der Waals surface area contributed by atoms with Crippen LogP contribution in [0.1, 0.15) is 31.1 Å². The lowest BCUT2D eigenvalue weighted by Crippen LogP contribution is -2.09. The summed E-state index contributed by atoms with van der Waals surface area (Å²) in [6.07, 6.45) is 1.36. The first-order chi connectivity index (χ1) is 11.5. The Morgan fingerprint density at radius 2 is 2.21 bits per heavy atom. The number of carbonyl (C=O) groups is 1. The number of ether oxygens (including phenoxy) is 2. The van der Waals surface area contributed by atoms with Gasteiger partial charge < -0.3 is 15.2 Å². The average molecular weight is 328 g/mol. The number of hydrogen-bond acceptors (Lipinski definition) is 5. The molecule has 2 rings (SSSR count). The molecule has 0 amide bonds. The first-order valence-corrected chi connectivity index (χ1v) is 7.63. The van der Waals surface area contributed by atoms with Crippen LogP contribution >= 0.6 is 0 Å². The highest BCUT2D eigenvalue weighted by Gasteiger charge is 2.18. The van der Waals surface area contributed by atoms with Crippen molar-refractivity contribution in [2.24, 2.45) is 5.92 Å². The minimum absolute atomic E-state index is 0.167. The maximum absolute atomic E-state index is 11.8. The van der Waals surface area contributed by atoms with Crippen molar-refractivity contribution in [3.05, 3.63) is 41.4 Å². The third-order valence-electron chi connectivity index (χ3n) is 3.18. The lowest BCUT2D eigenvalue weighted by Gasteiger charge is -2.12. The van der Waals surface area contributed by atoms with Gasteiger partial charge in [-0.15, -0.1) is 0 Å². The zero-order valence-electron chi connectivity index (χ0n) is 13.9. The normalized spacial score (nSPS) is 10.5. The van der Waals surface area contributed by atoms with Crippen molar-refractivity contribution in [2.75, 3.05) is 18.9 Å². The molecular formula is C17H20N4O3. The topological polar surface area (TPSA) is 83.7 Å². The fraction of sp³-hybridized carbons (Fsp3) is 0.353. The number of benzene rings is 1. The third-order valence-corrected chi connectivity index (χ3v) is 3.18. The number of carbonyl (C=O) groups excluding carboxylic acids is 1. The van der Waals surface area contributed by atoms with Gasteiger partial charge in [0.25, 0.3) is 0 Å². The van der Waals surface area contributed by atoms with Crippen molar-refractivity contribution in [1.29, 1.82) is 0 Å². The second-order valence-corrected chi connectivity index (χ2v) is 5.54. The predicted molar refractivity (Wildman–Crippen MR) is 90.5 cm³/mol. The van der Waals surface area contributed by atoms with E-state index in [9.17, 15) is 4.79 Å². The van der Waals surface area contributed by atoms with Gasteiger partial charge in [0.15, 0.2) is 0 Å². The molecule has 0 atom stereocenters. The summed E-state index contributed by atoms with van der Waals surface area (Å²) in [7, 11) is 0. The van der Waals surface area contributed by atoms with E-state index in [2.05, 4.69) is 9.94 Å². The molecule has 1 heterocycles. The van der Waals surface area contributed by atoms with Gasteiger partial charge in [0.2, 0.25) is 5.69 Å². The summed E-state index contributed by atoms with van der Waals surface area (Å²) in [5, 5.41) is 4.12. The molecule has 0 radical (unpaired) electrons. The maximum Gasteiger partial charge on any atom is 0.343 e. The van der Waals surface area contributed by atoms with Gasteiger partial charge in [-0.25, -0.2) is 14.3 Å². The van der Waals surface area contributed by atoms with Gasteiger partial charge in [-0.2, -0.15) is 5.10 Å². The minimum Gasteiger partial charge on any atom is -0.504 e. The molecule has 0 unspecified atom stereocenters. The number of nitrogen functional groups attached to an aromatic ring is 1.